The van der Waals surface area contributed by atoms with Crippen LogP contribution in [0.1, 0.15) is 5.56 Å². The van der Waals surface area contributed by atoms with Gasteiger partial charge >= 0.3 is 0 Å². The van der Waals surface area contributed by atoms with Gasteiger partial charge in [-0.15, -0.1) is 0 Å². The Bertz CT molecular complexity index is 1820. The number of anilines is 1. The van der Waals surface area contributed by atoms with Crippen molar-refractivity contribution in [2.75, 3.05) is 5.32 Å². The number of rotatable bonds is 5. The van der Waals surface area contributed by atoms with E-state index < -0.39 is 0 Å². The maximum absolute atomic E-state index is 4.76. The van der Waals surface area contributed by atoms with Crippen LogP contribution in [0.25, 0.3) is 55.4 Å². The van der Waals surface area contributed by atoms with E-state index in [1.807, 2.05) is 42.7 Å². The molecule has 4 aromatic carbocycles. The molecule has 0 aliphatic carbocycles. The first-order chi connectivity index (χ1) is 17.8. The molecule has 7 aromatic rings. The second kappa shape index (κ2) is 8.36. The molecule has 3 heterocycles. The van der Waals surface area contributed by atoms with E-state index in [1.165, 1.54) is 5.56 Å². The summed E-state index contributed by atoms with van der Waals surface area (Å²) in [6, 6.07) is 31.1. The molecule has 0 aliphatic heterocycles. The van der Waals surface area contributed by atoms with Crippen molar-refractivity contribution in [2.45, 2.75) is 6.54 Å². The van der Waals surface area contributed by atoms with Crippen LogP contribution in [-0.2, 0) is 6.54 Å². The predicted molar refractivity (Wildman–Crippen MR) is 146 cm³/mol. The van der Waals surface area contributed by atoms with E-state index in [2.05, 4.69) is 86.1 Å². The summed E-state index contributed by atoms with van der Waals surface area (Å²) in [6.07, 6.45) is 3.87. The Balaban J connectivity index is 1.31. The van der Waals surface area contributed by atoms with Crippen molar-refractivity contribution in [3.63, 3.8) is 0 Å². The lowest BCUT2D eigenvalue weighted by molar-refractivity contribution is 1.11. The summed E-state index contributed by atoms with van der Waals surface area (Å²) >= 11 is 0. The number of para-hydroxylation sites is 2. The number of imidazole rings is 1. The highest BCUT2D eigenvalue weighted by Gasteiger charge is 2.15. The molecule has 0 saturated carbocycles. The van der Waals surface area contributed by atoms with E-state index in [1.54, 1.807) is 0 Å². The summed E-state index contributed by atoms with van der Waals surface area (Å²) in [7, 11) is 0. The molecule has 0 fully saturated rings. The predicted octanol–water partition coefficient (Wildman–Crippen LogP) is 6.93. The van der Waals surface area contributed by atoms with Crippen LogP contribution in [0, 0.1) is 0 Å². The Kier molecular flexibility index (Phi) is 4.74. The number of nitrogens with zero attached hydrogens (tertiary/aromatic N) is 3. The number of hydrogen-bond acceptors (Lipinski definition) is 4. The van der Waals surface area contributed by atoms with Crippen LogP contribution >= 0.6 is 0 Å². The summed E-state index contributed by atoms with van der Waals surface area (Å²) in [5.74, 6) is 0.753. The van der Waals surface area contributed by atoms with Gasteiger partial charge in [-0.25, -0.2) is 4.98 Å². The molecule has 0 radical (unpaired) electrons. The Hall–Kier alpha value is -4.97. The molecule has 172 valence electrons. The number of benzene rings is 4. The fourth-order valence-electron chi connectivity index (χ4n) is 4.80. The number of hydrogen-bond donors (Lipinski definition) is 3. The van der Waals surface area contributed by atoms with Crippen LogP contribution in [0.5, 0.6) is 0 Å². The third-order valence-corrected chi connectivity index (χ3v) is 6.62. The first-order valence-corrected chi connectivity index (χ1v) is 11.9. The molecule has 0 aliphatic rings. The number of aromatic nitrogens is 5. The number of pyridine rings is 1. The maximum atomic E-state index is 4.76. The van der Waals surface area contributed by atoms with Crippen LogP contribution in [0.4, 0.5) is 5.69 Å². The zero-order valence-corrected chi connectivity index (χ0v) is 19.4. The molecular formula is C30H22N6. The van der Waals surface area contributed by atoms with E-state index in [-0.39, 0.29) is 0 Å². The molecule has 3 N–H and O–H groups in total. The Labute approximate surface area is 207 Å². The quantitative estimate of drug-likeness (QED) is 0.257. The highest BCUT2D eigenvalue weighted by atomic mass is 15.1. The Morgan fingerprint density at radius 2 is 1.61 bits per heavy atom. The van der Waals surface area contributed by atoms with E-state index in [4.69, 9.17) is 4.98 Å². The summed E-state index contributed by atoms with van der Waals surface area (Å²) in [6.45, 7) is 0.756. The third kappa shape index (κ3) is 3.47. The van der Waals surface area contributed by atoms with Crippen molar-refractivity contribution in [2.24, 2.45) is 0 Å². The lowest BCUT2D eigenvalue weighted by Crippen LogP contribution is -2.00. The lowest BCUT2D eigenvalue weighted by Gasteiger charge is -2.12. The van der Waals surface area contributed by atoms with Crippen molar-refractivity contribution in [3.05, 3.63) is 109 Å². The van der Waals surface area contributed by atoms with Gasteiger partial charge in [0.1, 0.15) is 5.69 Å². The van der Waals surface area contributed by atoms with Gasteiger partial charge in [0.2, 0.25) is 0 Å². The zero-order chi connectivity index (χ0) is 23.9. The number of aromatic amines is 2. The number of nitrogens with one attached hydrogen (secondary N) is 3. The van der Waals surface area contributed by atoms with Crippen LogP contribution in [0.2, 0.25) is 0 Å². The topological polar surface area (TPSA) is 82.3 Å². The summed E-state index contributed by atoms with van der Waals surface area (Å²) in [4.78, 5) is 12.8. The van der Waals surface area contributed by atoms with Gasteiger partial charge in [-0.3, -0.25) is 10.1 Å². The Morgan fingerprint density at radius 1 is 0.722 bits per heavy atom. The highest BCUT2D eigenvalue weighted by Crippen LogP contribution is 2.35. The zero-order valence-electron chi connectivity index (χ0n) is 19.4. The molecule has 0 spiro atoms. The lowest BCUT2D eigenvalue weighted by atomic mass is 9.98. The van der Waals surface area contributed by atoms with Crippen LogP contribution in [0.15, 0.2) is 103 Å². The number of fused-ring (bicyclic) bond motifs is 3. The summed E-state index contributed by atoms with van der Waals surface area (Å²) in [5, 5.41) is 14.6. The molecule has 6 nitrogen and oxygen atoms in total. The van der Waals surface area contributed by atoms with Gasteiger partial charge in [0.15, 0.2) is 5.82 Å². The smallest absolute Gasteiger partial charge is 0.159 e. The normalized spacial score (nSPS) is 11.4. The molecule has 0 unspecified atom stereocenters. The average molecular weight is 467 g/mol. The van der Waals surface area contributed by atoms with Crippen molar-refractivity contribution in [1.82, 2.24) is 25.1 Å². The van der Waals surface area contributed by atoms with Crippen LogP contribution in [-0.4, -0.2) is 25.1 Å². The van der Waals surface area contributed by atoms with Gasteiger partial charge < -0.3 is 10.3 Å². The second-order valence-corrected chi connectivity index (χ2v) is 8.86. The number of H-pyrrole nitrogens is 2. The molecule has 0 atom stereocenters. The van der Waals surface area contributed by atoms with Gasteiger partial charge in [0, 0.05) is 41.0 Å². The van der Waals surface area contributed by atoms with Gasteiger partial charge in [0.05, 0.1) is 16.6 Å². The van der Waals surface area contributed by atoms with Gasteiger partial charge in [-0.1, -0.05) is 60.7 Å². The van der Waals surface area contributed by atoms with Crippen molar-refractivity contribution >= 4 is 38.4 Å². The molecule has 6 heteroatoms. The molecule has 3 aromatic heterocycles. The fraction of sp³-hybridized carbons (Fsp3) is 0.0333. The largest absolute Gasteiger partial charge is 0.380 e. The van der Waals surface area contributed by atoms with Crippen LogP contribution < -0.4 is 5.32 Å². The van der Waals surface area contributed by atoms with Crippen LogP contribution in [0.3, 0.4) is 0 Å². The van der Waals surface area contributed by atoms with E-state index in [0.717, 1.165) is 67.6 Å². The molecule has 0 saturated heterocycles. The maximum Gasteiger partial charge on any atom is 0.159 e. The van der Waals surface area contributed by atoms with E-state index >= 15 is 0 Å². The van der Waals surface area contributed by atoms with Crippen molar-refractivity contribution < 1.29 is 0 Å². The fourth-order valence-corrected chi connectivity index (χ4v) is 4.80. The minimum atomic E-state index is 0.753. The minimum Gasteiger partial charge on any atom is -0.380 e. The summed E-state index contributed by atoms with van der Waals surface area (Å²) < 4.78 is 0. The standard InChI is InChI=1S/C30H22N6/c1-2-7-19(8-3-1)16-32-25-12-6-9-21-23(17-31-18-24(21)25)20-13-14-26-22(15-20)29(36-35-26)30-33-27-10-4-5-11-28(27)34-30/h1-15,17-18,32H,16H2,(H,33,34)(H,35,36). The van der Waals surface area contributed by atoms with Crippen molar-refractivity contribution in [1.29, 1.82) is 0 Å². The van der Waals surface area contributed by atoms with Gasteiger partial charge in [-0.2, -0.15) is 5.10 Å². The first-order valence-electron chi connectivity index (χ1n) is 11.9. The molecule has 7 rings (SSSR count). The average Bonchev–Trinajstić information content (AvgIpc) is 3.56. The molecule has 0 bridgehead atoms. The minimum absolute atomic E-state index is 0.753. The van der Waals surface area contributed by atoms with Gasteiger partial charge in [0.25, 0.3) is 0 Å². The van der Waals surface area contributed by atoms with E-state index in [0.29, 0.717) is 0 Å². The second-order valence-electron chi connectivity index (χ2n) is 8.86. The van der Waals surface area contributed by atoms with E-state index in [9.17, 15) is 0 Å². The summed E-state index contributed by atoms with van der Waals surface area (Å²) in [5.41, 5.74) is 8.16. The first kappa shape index (κ1) is 20.4. The van der Waals surface area contributed by atoms with Crippen molar-refractivity contribution in [3.8, 4) is 22.6 Å². The third-order valence-electron chi connectivity index (χ3n) is 6.62. The monoisotopic (exact) mass is 466 g/mol. The SMILES string of the molecule is c1ccc(CNc2cccc3c(-c4ccc5[nH]nc(-c6nc7ccccc7[nH]6)c5c4)cncc23)cc1. The Morgan fingerprint density at radius 3 is 2.53 bits per heavy atom. The van der Waals surface area contributed by atoms with Gasteiger partial charge in [-0.05, 0) is 46.8 Å². The molecule has 36 heavy (non-hydrogen) atoms. The molecule has 0 amide bonds. The molecular weight excluding hydrogens is 444 g/mol. The highest BCUT2D eigenvalue weighted by molar-refractivity contribution is 6.04.